The zero-order valence-electron chi connectivity index (χ0n) is 5.18. The molecule has 1 rings (SSSR count). The van der Waals surface area contributed by atoms with Crippen molar-refractivity contribution in [2.75, 3.05) is 6.54 Å². The van der Waals surface area contributed by atoms with Crippen LogP contribution in [0.4, 0.5) is 0 Å². The second-order valence-corrected chi connectivity index (χ2v) is 2.20. The third-order valence-corrected chi connectivity index (χ3v) is 1.53. The fourth-order valence-electron chi connectivity index (χ4n) is 0.967. The van der Waals surface area contributed by atoms with Gasteiger partial charge in [-0.2, -0.15) is 0 Å². The molecule has 1 unspecified atom stereocenters. The largest absolute Gasteiger partial charge is 0.375 e. The molecule has 1 atom stereocenters. The van der Waals surface area contributed by atoms with Crippen LogP contribution in [0.1, 0.15) is 12.8 Å². The number of hydrogen-bond donors (Lipinski definition) is 2. The molecule has 0 bridgehead atoms. The number of allylic oxidation sites excluding steroid dienone is 1. The zero-order valence-corrected chi connectivity index (χ0v) is 5.18. The van der Waals surface area contributed by atoms with Crippen LogP contribution in [0.25, 0.3) is 0 Å². The van der Waals surface area contributed by atoms with E-state index in [1.807, 2.05) is 5.94 Å². The van der Waals surface area contributed by atoms with E-state index in [4.69, 9.17) is 5.73 Å². The standard InChI is InChI=1S/C6H10N2O/c7-3-5-1-2-6(4-9)8-5/h5,8H,1-3,7H2. The average molecular weight is 126 g/mol. The van der Waals surface area contributed by atoms with Gasteiger partial charge in [-0.05, 0) is 6.42 Å². The monoisotopic (exact) mass is 126 g/mol. The molecule has 0 aliphatic carbocycles. The second-order valence-electron chi connectivity index (χ2n) is 2.20. The van der Waals surface area contributed by atoms with Crippen LogP contribution < -0.4 is 11.1 Å². The van der Waals surface area contributed by atoms with E-state index >= 15 is 0 Å². The highest BCUT2D eigenvalue weighted by Gasteiger charge is 2.16. The molecule has 0 saturated carbocycles. The van der Waals surface area contributed by atoms with Crippen LogP contribution in [-0.4, -0.2) is 18.5 Å². The third kappa shape index (κ3) is 1.31. The molecule has 1 fully saturated rings. The van der Waals surface area contributed by atoms with Crippen LogP contribution in [-0.2, 0) is 4.79 Å². The van der Waals surface area contributed by atoms with Crippen molar-refractivity contribution in [1.82, 2.24) is 5.32 Å². The summed E-state index contributed by atoms with van der Waals surface area (Å²) in [6.45, 7) is 0.602. The van der Waals surface area contributed by atoms with Crippen LogP contribution in [0.3, 0.4) is 0 Å². The number of nitrogens with one attached hydrogen (secondary N) is 1. The van der Waals surface area contributed by atoms with Gasteiger partial charge >= 0.3 is 0 Å². The lowest BCUT2D eigenvalue weighted by Gasteiger charge is -2.03. The lowest BCUT2D eigenvalue weighted by atomic mass is 10.2. The summed E-state index contributed by atoms with van der Waals surface area (Å²) in [5.74, 6) is 1.83. The predicted molar refractivity (Wildman–Crippen MR) is 34.4 cm³/mol. The first-order valence-electron chi connectivity index (χ1n) is 3.07. The van der Waals surface area contributed by atoms with Gasteiger partial charge in [0.05, 0.1) is 5.70 Å². The van der Waals surface area contributed by atoms with Crippen LogP contribution >= 0.6 is 0 Å². The molecule has 9 heavy (non-hydrogen) atoms. The van der Waals surface area contributed by atoms with Crippen LogP contribution in [0.15, 0.2) is 5.70 Å². The SMILES string of the molecule is NCC1CCC(=C=O)N1. The number of carbonyl (C=O) groups excluding carboxylic acids is 1. The Kier molecular flexibility index (Phi) is 1.88. The van der Waals surface area contributed by atoms with E-state index in [0.717, 1.165) is 12.8 Å². The predicted octanol–water partition coefficient (Wildman–Crippen LogP) is -0.587. The highest BCUT2D eigenvalue weighted by Crippen LogP contribution is 2.10. The van der Waals surface area contributed by atoms with Crippen molar-refractivity contribution < 1.29 is 4.79 Å². The summed E-state index contributed by atoms with van der Waals surface area (Å²) in [4.78, 5) is 10.0. The minimum atomic E-state index is 0.307. The van der Waals surface area contributed by atoms with Crippen molar-refractivity contribution in [3.05, 3.63) is 5.70 Å². The molecule has 0 aromatic rings. The highest BCUT2D eigenvalue weighted by atomic mass is 16.1. The Labute approximate surface area is 53.9 Å². The maximum Gasteiger partial charge on any atom is 0.145 e. The van der Waals surface area contributed by atoms with Gasteiger partial charge in [-0.25, -0.2) is 4.79 Å². The van der Waals surface area contributed by atoms with E-state index in [0.29, 0.717) is 18.3 Å². The molecule has 0 aromatic heterocycles. The maximum absolute atomic E-state index is 10.0. The van der Waals surface area contributed by atoms with E-state index in [1.54, 1.807) is 0 Å². The van der Waals surface area contributed by atoms with Crippen molar-refractivity contribution in [2.45, 2.75) is 18.9 Å². The van der Waals surface area contributed by atoms with Gasteiger partial charge in [0.1, 0.15) is 5.94 Å². The van der Waals surface area contributed by atoms with E-state index in [2.05, 4.69) is 5.32 Å². The molecule has 3 nitrogen and oxygen atoms in total. The first-order chi connectivity index (χ1) is 4.36. The molecule has 1 aliphatic rings. The molecular formula is C6H10N2O. The van der Waals surface area contributed by atoms with Crippen molar-refractivity contribution >= 4 is 5.94 Å². The summed E-state index contributed by atoms with van der Waals surface area (Å²) in [7, 11) is 0. The van der Waals surface area contributed by atoms with Crippen molar-refractivity contribution in [1.29, 1.82) is 0 Å². The molecule has 3 heteroatoms. The Bertz CT molecular complexity index is 149. The van der Waals surface area contributed by atoms with E-state index in [9.17, 15) is 4.79 Å². The summed E-state index contributed by atoms with van der Waals surface area (Å²) in [5.41, 5.74) is 6.02. The van der Waals surface area contributed by atoms with Crippen LogP contribution in [0, 0.1) is 0 Å². The lowest BCUT2D eigenvalue weighted by molar-refractivity contribution is 0.564. The smallest absolute Gasteiger partial charge is 0.145 e. The Morgan fingerprint density at radius 2 is 2.67 bits per heavy atom. The molecule has 0 amide bonds. The Morgan fingerprint density at radius 3 is 3.00 bits per heavy atom. The van der Waals surface area contributed by atoms with E-state index in [-0.39, 0.29) is 0 Å². The third-order valence-electron chi connectivity index (χ3n) is 1.53. The van der Waals surface area contributed by atoms with Gasteiger partial charge in [-0.1, -0.05) is 0 Å². The fraction of sp³-hybridized carbons (Fsp3) is 0.667. The Balaban J connectivity index is 2.47. The first kappa shape index (κ1) is 6.33. The number of nitrogens with two attached hydrogens (primary N) is 1. The molecule has 0 radical (unpaired) electrons. The normalized spacial score (nSPS) is 25.4. The summed E-state index contributed by atoms with van der Waals surface area (Å²) < 4.78 is 0. The Morgan fingerprint density at radius 1 is 1.89 bits per heavy atom. The van der Waals surface area contributed by atoms with Gasteiger partial charge in [0.2, 0.25) is 0 Å². The number of hydrogen-bond acceptors (Lipinski definition) is 3. The highest BCUT2D eigenvalue weighted by molar-refractivity contribution is 5.52. The van der Waals surface area contributed by atoms with Gasteiger partial charge in [-0.3, -0.25) is 0 Å². The zero-order chi connectivity index (χ0) is 6.69. The molecule has 50 valence electrons. The van der Waals surface area contributed by atoms with Gasteiger partial charge in [0.15, 0.2) is 0 Å². The lowest BCUT2D eigenvalue weighted by Crippen LogP contribution is -2.29. The van der Waals surface area contributed by atoms with Crippen molar-refractivity contribution in [3.8, 4) is 0 Å². The molecule has 3 N–H and O–H groups in total. The summed E-state index contributed by atoms with van der Waals surface area (Å²) in [5, 5.41) is 2.96. The van der Waals surface area contributed by atoms with Crippen LogP contribution in [0.5, 0.6) is 0 Å². The minimum Gasteiger partial charge on any atom is -0.375 e. The topological polar surface area (TPSA) is 55.1 Å². The van der Waals surface area contributed by atoms with E-state index < -0.39 is 0 Å². The van der Waals surface area contributed by atoms with Crippen molar-refractivity contribution in [3.63, 3.8) is 0 Å². The maximum atomic E-state index is 10.0. The van der Waals surface area contributed by atoms with Gasteiger partial charge in [0, 0.05) is 19.0 Å². The molecular weight excluding hydrogens is 116 g/mol. The molecule has 1 aliphatic heterocycles. The first-order valence-corrected chi connectivity index (χ1v) is 3.07. The van der Waals surface area contributed by atoms with Gasteiger partial charge in [-0.15, -0.1) is 0 Å². The van der Waals surface area contributed by atoms with Crippen LogP contribution in [0.2, 0.25) is 0 Å². The quantitative estimate of drug-likeness (QED) is 0.462. The molecule has 0 aromatic carbocycles. The minimum absolute atomic E-state index is 0.307. The molecule has 0 spiro atoms. The van der Waals surface area contributed by atoms with E-state index in [1.165, 1.54) is 0 Å². The van der Waals surface area contributed by atoms with Gasteiger partial charge in [0.25, 0.3) is 0 Å². The summed E-state index contributed by atoms with van der Waals surface area (Å²) in [6, 6.07) is 0.307. The summed E-state index contributed by atoms with van der Waals surface area (Å²) in [6.07, 6.45) is 1.78. The molecule has 1 saturated heterocycles. The van der Waals surface area contributed by atoms with Gasteiger partial charge < -0.3 is 11.1 Å². The molecule has 1 heterocycles. The second kappa shape index (κ2) is 2.67. The van der Waals surface area contributed by atoms with Crippen molar-refractivity contribution in [2.24, 2.45) is 5.73 Å². The number of rotatable bonds is 1. The fourth-order valence-corrected chi connectivity index (χ4v) is 0.967. The Hall–Kier alpha value is -0.790. The average Bonchev–Trinajstić information content (AvgIpc) is 2.34. The summed E-state index contributed by atoms with van der Waals surface area (Å²) >= 11 is 0.